The molecule has 20 heavy (non-hydrogen) atoms. The predicted molar refractivity (Wildman–Crippen MR) is 79.8 cm³/mol. The molecule has 7 heteroatoms. The van der Waals surface area contributed by atoms with Crippen molar-refractivity contribution in [3.8, 4) is 0 Å². The second-order valence-corrected chi connectivity index (χ2v) is 5.87. The van der Waals surface area contributed by atoms with Crippen molar-refractivity contribution in [2.45, 2.75) is 26.6 Å². The van der Waals surface area contributed by atoms with Gasteiger partial charge in [-0.15, -0.1) is 0 Å². The third-order valence-corrected chi connectivity index (χ3v) is 3.78. The highest BCUT2D eigenvalue weighted by Crippen LogP contribution is 2.18. The Morgan fingerprint density at radius 2 is 2.00 bits per heavy atom. The molecule has 1 fully saturated rings. The Kier molecular flexibility index (Phi) is 4.31. The van der Waals surface area contributed by atoms with Crippen LogP contribution in [0.15, 0.2) is 15.3 Å². The van der Waals surface area contributed by atoms with Crippen LogP contribution in [-0.4, -0.2) is 33.5 Å². The summed E-state index contributed by atoms with van der Waals surface area (Å²) in [4.78, 5) is 18.2. The smallest absolute Gasteiger partial charge is 0.327 e. The van der Waals surface area contributed by atoms with Gasteiger partial charge in [-0.2, -0.15) is 0 Å². The number of nitrogens with zero attached hydrogens (tertiary/aromatic N) is 2. The van der Waals surface area contributed by atoms with Gasteiger partial charge in [0.2, 0.25) is 0 Å². The first-order chi connectivity index (χ1) is 9.30. The molecule has 1 aliphatic rings. The highest BCUT2D eigenvalue weighted by molar-refractivity contribution is 9.10. The second-order valence-electron chi connectivity index (χ2n) is 5.01. The van der Waals surface area contributed by atoms with E-state index in [1.807, 2.05) is 26.8 Å². The summed E-state index contributed by atoms with van der Waals surface area (Å²) < 4.78 is 12.6. The molecule has 0 amide bonds. The number of nitrogens with one attached hydrogen (secondary N) is 1. The van der Waals surface area contributed by atoms with E-state index in [0.29, 0.717) is 5.65 Å². The molecule has 6 nitrogen and oxygen atoms in total. The molecule has 1 aliphatic heterocycles. The Hall–Kier alpha value is -1.18. The topological polar surface area (TPSA) is 69.1 Å². The van der Waals surface area contributed by atoms with Gasteiger partial charge in [-0.05, 0) is 42.8 Å². The van der Waals surface area contributed by atoms with Crippen LogP contribution >= 0.6 is 15.9 Å². The average Bonchev–Trinajstić information content (AvgIpc) is 2.88. The molecular formula is C13H18BrN3O3. The summed E-state index contributed by atoms with van der Waals surface area (Å²) in [6.07, 6.45) is 0. The Morgan fingerprint density at radius 1 is 1.40 bits per heavy atom. The standard InChI is InChI=1S/C8H8BrN3O.C5H10O2/c1-4-5(9)3-6-7(10-4)12(2)8(13)11-6;1-5(2)6-3-4-7-5/h3H,1-2H3,(H,11,13);3-4H2,1-2H3. The monoisotopic (exact) mass is 343 g/mol. The molecule has 0 aromatic carbocycles. The van der Waals surface area contributed by atoms with Crippen molar-refractivity contribution in [1.82, 2.24) is 14.5 Å². The third kappa shape index (κ3) is 3.28. The van der Waals surface area contributed by atoms with Gasteiger partial charge in [-0.3, -0.25) is 4.57 Å². The van der Waals surface area contributed by atoms with Gasteiger partial charge in [0.25, 0.3) is 0 Å². The van der Waals surface area contributed by atoms with Crippen LogP contribution in [0, 0.1) is 6.92 Å². The van der Waals surface area contributed by atoms with Gasteiger partial charge in [0, 0.05) is 11.5 Å². The Balaban J connectivity index is 0.000000178. The number of rotatable bonds is 0. The molecular weight excluding hydrogens is 326 g/mol. The van der Waals surface area contributed by atoms with Crippen LogP contribution in [0.4, 0.5) is 0 Å². The van der Waals surface area contributed by atoms with Crippen LogP contribution in [0.5, 0.6) is 0 Å². The normalized spacial score (nSPS) is 17.1. The van der Waals surface area contributed by atoms with Crippen molar-refractivity contribution in [3.63, 3.8) is 0 Å². The number of pyridine rings is 1. The molecule has 2 aromatic rings. The number of halogens is 1. The number of H-pyrrole nitrogens is 1. The molecule has 0 atom stereocenters. The summed E-state index contributed by atoms with van der Waals surface area (Å²) in [5.41, 5.74) is 2.18. The zero-order chi connectivity index (χ0) is 14.9. The van der Waals surface area contributed by atoms with E-state index in [2.05, 4.69) is 25.9 Å². The number of fused-ring (bicyclic) bond motifs is 1. The summed E-state index contributed by atoms with van der Waals surface area (Å²) in [5.74, 6) is -0.306. The van der Waals surface area contributed by atoms with Crippen molar-refractivity contribution in [1.29, 1.82) is 0 Å². The second kappa shape index (κ2) is 5.67. The van der Waals surface area contributed by atoms with Crippen molar-refractivity contribution in [3.05, 3.63) is 26.7 Å². The molecule has 0 spiro atoms. The van der Waals surface area contributed by atoms with Gasteiger partial charge in [-0.25, -0.2) is 9.78 Å². The van der Waals surface area contributed by atoms with E-state index in [1.54, 1.807) is 7.05 Å². The number of ether oxygens (including phenoxy) is 2. The molecule has 3 rings (SSSR count). The molecule has 3 heterocycles. The van der Waals surface area contributed by atoms with Crippen LogP contribution in [0.1, 0.15) is 19.5 Å². The highest BCUT2D eigenvalue weighted by Gasteiger charge is 2.23. The van der Waals surface area contributed by atoms with Crippen LogP contribution in [0.3, 0.4) is 0 Å². The lowest BCUT2D eigenvalue weighted by molar-refractivity contribution is -0.125. The lowest BCUT2D eigenvalue weighted by Crippen LogP contribution is -2.18. The molecule has 0 unspecified atom stereocenters. The minimum atomic E-state index is -0.306. The van der Waals surface area contributed by atoms with Crippen LogP contribution in [0.2, 0.25) is 0 Å². The van der Waals surface area contributed by atoms with Crippen molar-refractivity contribution in [2.24, 2.45) is 7.05 Å². The quantitative estimate of drug-likeness (QED) is 0.795. The Morgan fingerprint density at radius 3 is 2.50 bits per heavy atom. The molecule has 0 saturated carbocycles. The number of aromatic nitrogens is 3. The van der Waals surface area contributed by atoms with Gasteiger partial charge in [0.1, 0.15) is 0 Å². The first kappa shape index (κ1) is 15.2. The molecule has 0 aliphatic carbocycles. The van der Waals surface area contributed by atoms with Crippen LogP contribution < -0.4 is 5.69 Å². The average molecular weight is 344 g/mol. The van der Waals surface area contributed by atoms with Gasteiger partial charge in [-0.1, -0.05) is 0 Å². The van der Waals surface area contributed by atoms with E-state index in [1.165, 1.54) is 4.57 Å². The van der Waals surface area contributed by atoms with E-state index >= 15 is 0 Å². The largest absolute Gasteiger partial charge is 0.348 e. The number of hydrogen-bond acceptors (Lipinski definition) is 4. The Labute approximate surface area is 125 Å². The minimum Gasteiger partial charge on any atom is -0.348 e. The SMILES string of the molecule is CC1(C)OCCO1.Cc1nc2c(cc1Br)[nH]c(=O)n2C. The summed E-state index contributed by atoms with van der Waals surface area (Å²) in [6, 6.07) is 1.86. The van der Waals surface area contributed by atoms with Gasteiger partial charge < -0.3 is 14.5 Å². The fourth-order valence-electron chi connectivity index (χ4n) is 1.83. The van der Waals surface area contributed by atoms with Crippen molar-refractivity contribution < 1.29 is 9.47 Å². The van der Waals surface area contributed by atoms with Crippen molar-refractivity contribution >= 4 is 27.1 Å². The summed E-state index contributed by atoms with van der Waals surface area (Å²) >= 11 is 3.36. The van der Waals surface area contributed by atoms with Crippen molar-refractivity contribution in [2.75, 3.05) is 13.2 Å². The van der Waals surface area contributed by atoms with Crippen LogP contribution in [-0.2, 0) is 16.5 Å². The predicted octanol–water partition coefficient (Wildman–Crippen LogP) is 2.10. The molecule has 0 bridgehead atoms. The molecule has 1 saturated heterocycles. The number of imidazole rings is 1. The zero-order valence-corrected chi connectivity index (χ0v) is 13.6. The fourth-order valence-corrected chi connectivity index (χ4v) is 2.15. The first-order valence-corrected chi connectivity index (χ1v) is 7.09. The third-order valence-electron chi connectivity index (χ3n) is 2.98. The maximum absolute atomic E-state index is 11.2. The maximum atomic E-state index is 11.2. The lowest BCUT2D eigenvalue weighted by atomic mass is 10.3. The molecule has 2 aromatic heterocycles. The van der Waals surface area contributed by atoms with E-state index in [9.17, 15) is 4.79 Å². The van der Waals surface area contributed by atoms with E-state index in [-0.39, 0.29) is 11.5 Å². The maximum Gasteiger partial charge on any atom is 0.327 e. The van der Waals surface area contributed by atoms with Crippen LogP contribution in [0.25, 0.3) is 11.2 Å². The highest BCUT2D eigenvalue weighted by atomic mass is 79.9. The first-order valence-electron chi connectivity index (χ1n) is 6.30. The summed E-state index contributed by atoms with van der Waals surface area (Å²) in [5, 5.41) is 0. The lowest BCUT2D eigenvalue weighted by Gasteiger charge is -2.13. The number of aromatic amines is 1. The van der Waals surface area contributed by atoms with Gasteiger partial charge in [0.15, 0.2) is 11.4 Å². The number of aryl methyl sites for hydroxylation is 2. The molecule has 1 N–H and O–H groups in total. The van der Waals surface area contributed by atoms with E-state index in [4.69, 9.17) is 9.47 Å². The van der Waals surface area contributed by atoms with Gasteiger partial charge >= 0.3 is 5.69 Å². The molecule has 0 radical (unpaired) electrons. The summed E-state index contributed by atoms with van der Waals surface area (Å²) in [7, 11) is 1.70. The van der Waals surface area contributed by atoms with Gasteiger partial charge in [0.05, 0.1) is 24.4 Å². The minimum absolute atomic E-state index is 0.139. The Bertz CT molecular complexity index is 667. The zero-order valence-electron chi connectivity index (χ0n) is 12.0. The fraction of sp³-hybridized carbons (Fsp3) is 0.538. The van der Waals surface area contributed by atoms with E-state index < -0.39 is 0 Å². The molecule has 110 valence electrons. The summed E-state index contributed by atoms with van der Waals surface area (Å²) in [6.45, 7) is 7.21. The number of hydrogen-bond donors (Lipinski definition) is 1. The van der Waals surface area contributed by atoms with E-state index in [0.717, 1.165) is 28.9 Å².